The van der Waals surface area contributed by atoms with Gasteiger partial charge in [-0.1, -0.05) is 78.8 Å². The van der Waals surface area contributed by atoms with Gasteiger partial charge in [-0.3, -0.25) is 0 Å². The summed E-state index contributed by atoms with van der Waals surface area (Å²) < 4.78 is 12.9. The topological polar surface area (TPSA) is 18.5 Å². The van der Waals surface area contributed by atoms with Crippen molar-refractivity contribution in [1.82, 2.24) is 0 Å². The zero-order valence-electron chi connectivity index (χ0n) is 14.4. The third kappa shape index (κ3) is 1.94. The minimum atomic E-state index is -0.484. The lowest BCUT2D eigenvalue weighted by Gasteiger charge is -2.34. The Kier molecular flexibility index (Phi) is 3.03. The Bertz CT molecular complexity index is 945. The van der Waals surface area contributed by atoms with E-state index in [-0.39, 0.29) is 7.12 Å². The molecule has 3 aromatic rings. The van der Waals surface area contributed by atoms with Crippen LogP contribution in [0.1, 0.15) is 30.5 Å². The van der Waals surface area contributed by atoms with Gasteiger partial charge in [0.2, 0.25) is 0 Å². The van der Waals surface area contributed by atoms with Crippen LogP contribution < -0.4 is 0 Å². The van der Waals surface area contributed by atoms with Crippen molar-refractivity contribution in [3.05, 3.63) is 89.4 Å². The molecule has 0 N–H and O–H groups in total. The van der Waals surface area contributed by atoms with Gasteiger partial charge in [0.15, 0.2) is 0 Å². The van der Waals surface area contributed by atoms with Crippen molar-refractivity contribution in [3.63, 3.8) is 0 Å². The Morgan fingerprint density at radius 3 is 1.96 bits per heavy atom. The van der Waals surface area contributed by atoms with E-state index in [1.807, 2.05) is 24.2 Å². The molecular formula is C22H19BO2. The first-order chi connectivity index (χ1) is 12.1. The molecule has 0 unspecified atom stereocenters. The Hall–Kier alpha value is -2.36. The molecule has 0 radical (unpaired) electrons. The minimum absolute atomic E-state index is 0.362. The molecule has 0 aromatic heterocycles. The Morgan fingerprint density at radius 2 is 1.36 bits per heavy atom. The Labute approximate surface area is 148 Å². The molecular weight excluding hydrogens is 307 g/mol. The standard InChI is InChI=1S/C22H19BO2/c1-21-18-12-6-10-17-11-7-13-19(20(17)18)22(21,2)25-23(24-21)15-14-16-8-4-3-5-9-16/h3-15H,1-2H3/b15-14+/t21-,22+. The lowest BCUT2D eigenvalue weighted by Crippen LogP contribution is -2.38. The lowest BCUT2D eigenvalue weighted by molar-refractivity contribution is -0.0222. The average Bonchev–Trinajstić information content (AvgIpc) is 3.01. The maximum atomic E-state index is 6.46. The van der Waals surface area contributed by atoms with Crippen molar-refractivity contribution < 1.29 is 9.31 Å². The highest BCUT2D eigenvalue weighted by Gasteiger charge is 2.62. The summed E-state index contributed by atoms with van der Waals surface area (Å²) in [4.78, 5) is 0. The monoisotopic (exact) mass is 326 g/mol. The summed E-state index contributed by atoms with van der Waals surface area (Å²) in [5.41, 5.74) is 2.62. The van der Waals surface area contributed by atoms with E-state index in [4.69, 9.17) is 9.31 Å². The molecule has 1 aliphatic heterocycles. The molecule has 1 heterocycles. The molecule has 1 aliphatic carbocycles. The second kappa shape index (κ2) is 5.07. The molecule has 1 fully saturated rings. The van der Waals surface area contributed by atoms with Crippen LogP contribution in [-0.4, -0.2) is 7.12 Å². The molecule has 122 valence electrons. The first-order valence-electron chi connectivity index (χ1n) is 8.73. The van der Waals surface area contributed by atoms with Crippen LogP contribution in [0.4, 0.5) is 0 Å². The van der Waals surface area contributed by atoms with Crippen molar-refractivity contribution in [1.29, 1.82) is 0 Å². The molecule has 2 aliphatic rings. The van der Waals surface area contributed by atoms with Gasteiger partial charge >= 0.3 is 7.12 Å². The Morgan fingerprint density at radius 1 is 0.760 bits per heavy atom. The predicted octanol–water partition coefficient (Wildman–Crippen LogP) is 5.07. The highest BCUT2D eigenvalue weighted by Crippen LogP contribution is 2.59. The molecule has 3 heteroatoms. The molecule has 0 spiro atoms. The molecule has 2 nitrogen and oxygen atoms in total. The van der Waals surface area contributed by atoms with Crippen LogP contribution in [0.3, 0.4) is 0 Å². The highest BCUT2D eigenvalue weighted by atomic mass is 16.7. The minimum Gasteiger partial charge on any atom is -0.395 e. The van der Waals surface area contributed by atoms with Gasteiger partial charge in [-0.25, -0.2) is 0 Å². The lowest BCUT2D eigenvalue weighted by atomic mass is 9.84. The summed E-state index contributed by atoms with van der Waals surface area (Å²) in [6, 6.07) is 23.1. The van der Waals surface area contributed by atoms with Crippen molar-refractivity contribution in [2.45, 2.75) is 25.0 Å². The van der Waals surface area contributed by atoms with Crippen LogP contribution >= 0.6 is 0 Å². The molecule has 3 aromatic carbocycles. The van der Waals surface area contributed by atoms with E-state index in [1.165, 1.54) is 21.9 Å². The van der Waals surface area contributed by atoms with Gasteiger partial charge in [0.1, 0.15) is 11.2 Å². The van der Waals surface area contributed by atoms with Crippen LogP contribution in [0.2, 0.25) is 0 Å². The summed E-state index contributed by atoms with van der Waals surface area (Å²) in [5.74, 6) is 2.01. The number of hydrogen-bond acceptors (Lipinski definition) is 2. The summed E-state index contributed by atoms with van der Waals surface area (Å²) in [6.07, 6.45) is 2.06. The smallest absolute Gasteiger partial charge is 0.395 e. The number of hydrogen-bond donors (Lipinski definition) is 0. The van der Waals surface area contributed by atoms with E-state index < -0.39 is 11.2 Å². The summed E-state index contributed by atoms with van der Waals surface area (Å²) in [7, 11) is -0.362. The van der Waals surface area contributed by atoms with Gasteiger partial charge in [0.25, 0.3) is 0 Å². The molecule has 25 heavy (non-hydrogen) atoms. The van der Waals surface area contributed by atoms with Crippen molar-refractivity contribution in [2.75, 3.05) is 0 Å². The van der Waals surface area contributed by atoms with Crippen molar-refractivity contribution >= 4 is 24.0 Å². The molecule has 5 rings (SSSR count). The quantitative estimate of drug-likeness (QED) is 0.612. The van der Waals surface area contributed by atoms with E-state index in [0.29, 0.717) is 0 Å². The maximum absolute atomic E-state index is 6.46. The largest absolute Gasteiger partial charge is 0.487 e. The van der Waals surface area contributed by atoms with Crippen LogP contribution in [-0.2, 0) is 20.5 Å². The average molecular weight is 326 g/mol. The predicted molar refractivity (Wildman–Crippen MR) is 102 cm³/mol. The van der Waals surface area contributed by atoms with E-state index in [2.05, 4.69) is 68.5 Å². The SMILES string of the molecule is C[C@@]12OB(/C=C/c3ccccc3)O[C@]1(C)c1cccc3cccc2c13. The van der Waals surface area contributed by atoms with Gasteiger partial charge in [-0.15, -0.1) is 0 Å². The second-order valence-electron chi connectivity index (χ2n) is 7.15. The molecule has 2 atom stereocenters. The zero-order chi connectivity index (χ0) is 17.1. The molecule has 0 bridgehead atoms. The van der Waals surface area contributed by atoms with Crippen LogP contribution in [0.15, 0.2) is 72.7 Å². The number of rotatable bonds is 2. The van der Waals surface area contributed by atoms with Crippen molar-refractivity contribution in [3.8, 4) is 0 Å². The maximum Gasteiger partial charge on any atom is 0.487 e. The summed E-state index contributed by atoms with van der Waals surface area (Å²) >= 11 is 0. The fourth-order valence-electron chi connectivity index (χ4n) is 4.32. The second-order valence-corrected chi connectivity index (χ2v) is 7.15. The fourth-order valence-corrected chi connectivity index (χ4v) is 4.32. The van der Waals surface area contributed by atoms with Crippen LogP contribution in [0.5, 0.6) is 0 Å². The van der Waals surface area contributed by atoms with E-state index in [1.54, 1.807) is 0 Å². The highest BCUT2D eigenvalue weighted by molar-refractivity contribution is 6.52. The molecule has 1 saturated heterocycles. The first kappa shape index (κ1) is 14.9. The number of fused-ring (bicyclic) bond motifs is 3. The van der Waals surface area contributed by atoms with Gasteiger partial charge in [0.05, 0.1) is 0 Å². The van der Waals surface area contributed by atoms with E-state index in [0.717, 1.165) is 5.56 Å². The molecule has 0 amide bonds. The van der Waals surface area contributed by atoms with Gasteiger partial charge < -0.3 is 9.31 Å². The Balaban J connectivity index is 1.57. The fraction of sp³-hybridized carbons (Fsp3) is 0.182. The number of benzene rings is 3. The third-order valence-corrected chi connectivity index (χ3v) is 5.79. The van der Waals surface area contributed by atoms with Gasteiger partial charge in [-0.2, -0.15) is 0 Å². The van der Waals surface area contributed by atoms with Gasteiger partial charge in [-0.05, 0) is 41.3 Å². The van der Waals surface area contributed by atoms with Crippen molar-refractivity contribution in [2.24, 2.45) is 0 Å². The van der Waals surface area contributed by atoms with Crippen LogP contribution in [0, 0.1) is 0 Å². The summed E-state index contributed by atoms with van der Waals surface area (Å²) in [5, 5.41) is 2.52. The third-order valence-electron chi connectivity index (χ3n) is 5.79. The van der Waals surface area contributed by atoms with E-state index >= 15 is 0 Å². The summed E-state index contributed by atoms with van der Waals surface area (Å²) in [6.45, 7) is 4.30. The zero-order valence-corrected chi connectivity index (χ0v) is 14.4. The first-order valence-corrected chi connectivity index (χ1v) is 8.73. The molecule has 0 saturated carbocycles. The van der Waals surface area contributed by atoms with Crippen LogP contribution in [0.25, 0.3) is 16.8 Å². The van der Waals surface area contributed by atoms with E-state index in [9.17, 15) is 0 Å². The normalized spacial score (nSPS) is 27.4. The van der Waals surface area contributed by atoms with Gasteiger partial charge in [0, 0.05) is 0 Å².